The van der Waals surface area contributed by atoms with Gasteiger partial charge in [-0.05, 0) is 75.2 Å². The van der Waals surface area contributed by atoms with Gasteiger partial charge in [-0.2, -0.15) is 0 Å². The van der Waals surface area contributed by atoms with Gasteiger partial charge in [0.05, 0.1) is 19.3 Å². The SMILES string of the molecule is CC1=CCOCC1NCC1C2CC3CC(C2)CC1C3. The molecular formula is C17H27NO. The minimum absolute atomic E-state index is 0.478. The summed E-state index contributed by atoms with van der Waals surface area (Å²) in [6.45, 7) is 5.16. The van der Waals surface area contributed by atoms with Crippen LogP contribution in [0.5, 0.6) is 0 Å². The molecule has 4 bridgehead atoms. The van der Waals surface area contributed by atoms with Crippen LogP contribution >= 0.6 is 0 Å². The first kappa shape index (κ1) is 12.4. The molecule has 2 nitrogen and oxygen atoms in total. The fraction of sp³-hybridized carbons (Fsp3) is 0.882. The van der Waals surface area contributed by atoms with Crippen molar-refractivity contribution < 1.29 is 4.74 Å². The second-order valence-electron chi connectivity index (χ2n) is 7.54. The van der Waals surface area contributed by atoms with E-state index in [0.29, 0.717) is 6.04 Å². The van der Waals surface area contributed by atoms with Gasteiger partial charge < -0.3 is 10.1 Å². The fourth-order valence-electron chi connectivity index (χ4n) is 5.52. The Hall–Kier alpha value is -0.340. The Kier molecular flexibility index (Phi) is 3.19. The van der Waals surface area contributed by atoms with E-state index in [0.717, 1.165) is 42.8 Å². The van der Waals surface area contributed by atoms with E-state index in [-0.39, 0.29) is 0 Å². The van der Waals surface area contributed by atoms with Crippen molar-refractivity contribution in [1.82, 2.24) is 5.32 Å². The first-order valence-corrected chi connectivity index (χ1v) is 8.27. The van der Waals surface area contributed by atoms with Crippen LogP contribution in [-0.4, -0.2) is 25.8 Å². The van der Waals surface area contributed by atoms with Crippen LogP contribution in [0.4, 0.5) is 0 Å². The van der Waals surface area contributed by atoms with Gasteiger partial charge in [-0.25, -0.2) is 0 Å². The Morgan fingerprint density at radius 3 is 2.42 bits per heavy atom. The highest BCUT2D eigenvalue weighted by Gasteiger charge is 2.47. The summed E-state index contributed by atoms with van der Waals surface area (Å²) in [5.41, 5.74) is 1.48. The third kappa shape index (κ3) is 2.27. The second-order valence-corrected chi connectivity index (χ2v) is 7.54. The highest BCUT2D eigenvalue weighted by molar-refractivity contribution is 5.11. The Labute approximate surface area is 117 Å². The quantitative estimate of drug-likeness (QED) is 0.789. The highest BCUT2D eigenvalue weighted by Crippen LogP contribution is 2.56. The molecule has 106 valence electrons. The Balaban J connectivity index is 1.38. The molecule has 5 aliphatic rings. The van der Waals surface area contributed by atoms with Gasteiger partial charge in [0.25, 0.3) is 0 Å². The third-order valence-corrected chi connectivity index (χ3v) is 6.38. The zero-order valence-electron chi connectivity index (χ0n) is 12.1. The average Bonchev–Trinajstić information content (AvgIpc) is 2.39. The number of nitrogens with one attached hydrogen (secondary N) is 1. The maximum absolute atomic E-state index is 5.57. The van der Waals surface area contributed by atoms with Crippen molar-refractivity contribution in [1.29, 1.82) is 0 Å². The van der Waals surface area contributed by atoms with Gasteiger partial charge in [-0.15, -0.1) is 0 Å². The van der Waals surface area contributed by atoms with E-state index in [1.807, 2.05) is 0 Å². The molecule has 0 aromatic rings. The smallest absolute Gasteiger partial charge is 0.0662 e. The molecule has 1 unspecified atom stereocenters. The third-order valence-electron chi connectivity index (χ3n) is 6.38. The predicted octanol–water partition coefficient (Wildman–Crippen LogP) is 2.99. The molecule has 19 heavy (non-hydrogen) atoms. The lowest BCUT2D eigenvalue weighted by Crippen LogP contribution is -2.50. The van der Waals surface area contributed by atoms with Crippen molar-refractivity contribution in [2.45, 2.75) is 45.1 Å². The molecule has 4 saturated carbocycles. The Morgan fingerprint density at radius 1 is 1.11 bits per heavy atom. The molecule has 2 heteroatoms. The molecule has 4 aliphatic carbocycles. The summed E-state index contributed by atoms with van der Waals surface area (Å²) in [6, 6.07) is 0.478. The molecule has 0 amide bonds. The van der Waals surface area contributed by atoms with Crippen LogP contribution in [0.15, 0.2) is 11.6 Å². The lowest BCUT2D eigenvalue weighted by atomic mass is 9.52. The van der Waals surface area contributed by atoms with E-state index in [2.05, 4.69) is 18.3 Å². The summed E-state index contributed by atoms with van der Waals surface area (Å²) in [5, 5.41) is 3.81. The molecule has 0 aromatic carbocycles. The first-order chi connectivity index (χ1) is 9.29. The van der Waals surface area contributed by atoms with E-state index >= 15 is 0 Å². The molecule has 0 spiro atoms. The van der Waals surface area contributed by atoms with Gasteiger partial charge in [0.15, 0.2) is 0 Å². The lowest BCUT2D eigenvalue weighted by molar-refractivity contribution is -0.0369. The minimum atomic E-state index is 0.478. The Bertz CT molecular complexity index is 347. The van der Waals surface area contributed by atoms with Crippen molar-refractivity contribution >= 4 is 0 Å². The molecule has 5 rings (SSSR count). The van der Waals surface area contributed by atoms with Crippen LogP contribution in [0.25, 0.3) is 0 Å². The predicted molar refractivity (Wildman–Crippen MR) is 76.9 cm³/mol. The number of rotatable bonds is 3. The first-order valence-electron chi connectivity index (χ1n) is 8.27. The van der Waals surface area contributed by atoms with E-state index < -0.39 is 0 Å². The van der Waals surface area contributed by atoms with Crippen molar-refractivity contribution in [3.05, 3.63) is 11.6 Å². The number of hydrogen-bond donors (Lipinski definition) is 1. The zero-order chi connectivity index (χ0) is 12.8. The van der Waals surface area contributed by atoms with E-state index in [4.69, 9.17) is 4.74 Å². The normalized spacial score (nSPS) is 48.4. The standard InChI is InChI=1S/C17H27NO/c1-11-2-3-19-10-17(11)18-9-16-14-5-12-4-13(7-14)8-15(16)6-12/h2,12-18H,3-10H2,1H3. The Morgan fingerprint density at radius 2 is 1.79 bits per heavy atom. The molecule has 1 aliphatic heterocycles. The topological polar surface area (TPSA) is 21.3 Å². The molecule has 0 aromatic heterocycles. The maximum atomic E-state index is 5.57. The molecule has 1 atom stereocenters. The van der Waals surface area contributed by atoms with E-state index in [1.165, 1.54) is 37.8 Å². The summed E-state index contributed by atoms with van der Waals surface area (Å²) in [7, 11) is 0. The van der Waals surface area contributed by atoms with Gasteiger partial charge in [-0.1, -0.05) is 11.6 Å². The van der Waals surface area contributed by atoms with Gasteiger partial charge in [0.2, 0.25) is 0 Å². The maximum Gasteiger partial charge on any atom is 0.0662 e. The van der Waals surface area contributed by atoms with Crippen molar-refractivity contribution in [2.24, 2.45) is 29.6 Å². The molecule has 1 N–H and O–H groups in total. The van der Waals surface area contributed by atoms with Crippen molar-refractivity contribution in [3.63, 3.8) is 0 Å². The van der Waals surface area contributed by atoms with Gasteiger partial charge >= 0.3 is 0 Å². The molecule has 1 heterocycles. The van der Waals surface area contributed by atoms with E-state index in [9.17, 15) is 0 Å². The lowest BCUT2D eigenvalue weighted by Gasteiger charge is -2.54. The molecule has 0 saturated heterocycles. The highest BCUT2D eigenvalue weighted by atomic mass is 16.5. The van der Waals surface area contributed by atoms with Crippen molar-refractivity contribution in [3.8, 4) is 0 Å². The van der Waals surface area contributed by atoms with E-state index in [1.54, 1.807) is 6.42 Å². The number of hydrogen-bond acceptors (Lipinski definition) is 2. The van der Waals surface area contributed by atoms with Gasteiger partial charge in [-0.3, -0.25) is 0 Å². The largest absolute Gasteiger partial charge is 0.375 e. The van der Waals surface area contributed by atoms with Gasteiger partial charge in [0, 0.05) is 0 Å². The van der Waals surface area contributed by atoms with Crippen LogP contribution in [0.3, 0.4) is 0 Å². The van der Waals surface area contributed by atoms with Crippen LogP contribution in [0.1, 0.15) is 39.0 Å². The molecule has 4 fully saturated rings. The van der Waals surface area contributed by atoms with Crippen LogP contribution < -0.4 is 5.32 Å². The molecular weight excluding hydrogens is 234 g/mol. The van der Waals surface area contributed by atoms with Gasteiger partial charge in [0.1, 0.15) is 0 Å². The second kappa shape index (κ2) is 4.89. The summed E-state index contributed by atoms with van der Waals surface area (Å²) in [6.07, 6.45) is 9.94. The van der Waals surface area contributed by atoms with Crippen LogP contribution in [0, 0.1) is 29.6 Å². The monoisotopic (exact) mass is 261 g/mol. The summed E-state index contributed by atoms with van der Waals surface area (Å²) in [4.78, 5) is 0. The average molecular weight is 261 g/mol. The zero-order valence-corrected chi connectivity index (χ0v) is 12.1. The van der Waals surface area contributed by atoms with Crippen LogP contribution in [0.2, 0.25) is 0 Å². The van der Waals surface area contributed by atoms with Crippen molar-refractivity contribution in [2.75, 3.05) is 19.8 Å². The summed E-state index contributed by atoms with van der Waals surface area (Å²) < 4.78 is 5.57. The fourth-order valence-corrected chi connectivity index (χ4v) is 5.52. The number of ether oxygens (including phenoxy) is 1. The summed E-state index contributed by atoms with van der Waals surface area (Å²) in [5.74, 6) is 5.23. The minimum Gasteiger partial charge on any atom is -0.375 e. The summed E-state index contributed by atoms with van der Waals surface area (Å²) >= 11 is 0. The molecule has 0 radical (unpaired) electrons. The van der Waals surface area contributed by atoms with Crippen LogP contribution in [-0.2, 0) is 4.74 Å².